The van der Waals surface area contributed by atoms with E-state index in [4.69, 9.17) is 4.74 Å². The SMILES string of the molecule is Cc1cccc([C@H]2C(C#N)=C(c3ccccc3)O[C@@H]2C(=O)c2ccccc2)c1. The van der Waals surface area contributed by atoms with E-state index in [1.807, 2.05) is 79.7 Å². The van der Waals surface area contributed by atoms with Gasteiger partial charge in [-0.15, -0.1) is 0 Å². The first-order chi connectivity index (χ1) is 13.7. The van der Waals surface area contributed by atoms with Gasteiger partial charge in [0.05, 0.1) is 17.6 Å². The van der Waals surface area contributed by atoms with Crippen molar-refractivity contribution >= 4 is 11.5 Å². The number of aryl methyl sites for hydroxylation is 1. The Balaban J connectivity index is 1.85. The highest BCUT2D eigenvalue weighted by atomic mass is 16.5. The molecule has 1 aliphatic rings. The van der Waals surface area contributed by atoms with Gasteiger partial charge in [-0.3, -0.25) is 4.79 Å². The van der Waals surface area contributed by atoms with Gasteiger partial charge in [0.25, 0.3) is 0 Å². The summed E-state index contributed by atoms with van der Waals surface area (Å²) in [5.41, 5.74) is 3.87. The Labute approximate surface area is 164 Å². The highest BCUT2D eigenvalue weighted by Gasteiger charge is 2.43. The maximum Gasteiger partial charge on any atom is 0.204 e. The van der Waals surface area contributed by atoms with Crippen LogP contribution in [0, 0.1) is 18.3 Å². The van der Waals surface area contributed by atoms with Crippen molar-refractivity contribution < 1.29 is 9.53 Å². The molecule has 3 aromatic carbocycles. The van der Waals surface area contributed by atoms with Crippen LogP contribution in [0.15, 0.2) is 90.5 Å². The Kier molecular flexibility index (Phi) is 4.78. The van der Waals surface area contributed by atoms with Gasteiger partial charge in [-0.05, 0) is 12.5 Å². The molecule has 0 spiro atoms. The number of hydrogen-bond donors (Lipinski definition) is 0. The molecule has 1 heterocycles. The summed E-state index contributed by atoms with van der Waals surface area (Å²) in [6.07, 6.45) is -0.769. The van der Waals surface area contributed by atoms with Crippen LogP contribution in [0.2, 0.25) is 0 Å². The summed E-state index contributed by atoms with van der Waals surface area (Å²) in [5.74, 6) is -0.0671. The largest absolute Gasteiger partial charge is 0.480 e. The topological polar surface area (TPSA) is 50.1 Å². The van der Waals surface area contributed by atoms with Crippen molar-refractivity contribution in [2.24, 2.45) is 0 Å². The van der Waals surface area contributed by atoms with Crippen LogP contribution in [0.3, 0.4) is 0 Å². The molecule has 28 heavy (non-hydrogen) atoms. The van der Waals surface area contributed by atoms with Gasteiger partial charge in [0.2, 0.25) is 5.78 Å². The van der Waals surface area contributed by atoms with Crippen LogP contribution in [-0.2, 0) is 4.74 Å². The van der Waals surface area contributed by atoms with E-state index in [1.165, 1.54) is 0 Å². The predicted molar refractivity (Wildman–Crippen MR) is 109 cm³/mol. The van der Waals surface area contributed by atoms with Gasteiger partial charge in [-0.25, -0.2) is 0 Å². The highest BCUT2D eigenvalue weighted by Crippen LogP contribution is 2.44. The number of hydrogen-bond acceptors (Lipinski definition) is 3. The van der Waals surface area contributed by atoms with E-state index in [0.29, 0.717) is 16.9 Å². The highest BCUT2D eigenvalue weighted by molar-refractivity contribution is 6.02. The number of rotatable bonds is 4. The first-order valence-corrected chi connectivity index (χ1v) is 9.21. The van der Waals surface area contributed by atoms with E-state index in [1.54, 1.807) is 12.1 Å². The van der Waals surface area contributed by atoms with E-state index in [0.717, 1.165) is 16.7 Å². The van der Waals surface area contributed by atoms with Crippen LogP contribution in [0.1, 0.15) is 33.0 Å². The Bertz CT molecular complexity index is 1080. The zero-order valence-corrected chi connectivity index (χ0v) is 15.5. The molecule has 2 atom stereocenters. The number of ether oxygens (including phenoxy) is 1. The number of ketones is 1. The van der Waals surface area contributed by atoms with Crippen LogP contribution in [-0.4, -0.2) is 11.9 Å². The second-order valence-corrected chi connectivity index (χ2v) is 6.88. The minimum absolute atomic E-state index is 0.120. The lowest BCUT2D eigenvalue weighted by molar-refractivity contribution is 0.0754. The Hall–Kier alpha value is -3.64. The molecule has 0 bridgehead atoms. The maximum atomic E-state index is 13.3. The smallest absolute Gasteiger partial charge is 0.204 e. The van der Waals surface area contributed by atoms with Gasteiger partial charge < -0.3 is 4.74 Å². The van der Waals surface area contributed by atoms with E-state index in [9.17, 15) is 10.1 Å². The molecule has 0 aromatic heterocycles. The van der Waals surface area contributed by atoms with Gasteiger partial charge in [0, 0.05) is 11.1 Å². The van der Waals surface area contributed by atoms with Crippen molar-refractivity contribution in [1.29, 1.82) is 5.26 Å². The summed E-state index contributed by atoms with van der Waals surface area (Å²) in [4.78, 5) is 13.3. The van der Waals surface area contributed by atoms with Gasteiger partial charge in [0.15, 0.2) is 6.10 Å². The molecule has 3 nitrogen and oxygen atoms in total. The molecule has 0 unspecified atom stereocenters. The van der Waals surface area contributed by atoms with Crippen LogP contribution in [0.5, 0.6) is 0 Å². The number of nitrogens with zero attached hydrogens (tertiary/aromatic N) is 1. The zero-order valence-electron chi connectivity index (χ0n) is 15.5. The second kappa shape index (κ2) is 7.54. The molecule has 3 heteroatoms. The van der Waals surface area contributed by atoms with Crippen LogP contribution in [0.4, 0.5) is 0 Å². The zero-order chi connectivity index (χ0) is 19.5. The standard InChI is InChI=1S/C25H19NO2/c1-17-9-8-14-20(15-17)22-21(16-26)24(19-12-6-3-7-13-19)28-25(22)23(27)18-10-4-2-5-11-18/h2-15,22,25H,1H3/t22-,25-/m0/s1. The van der Waals surface area contributed by atoms with Crippen LogP contribution >= 0.6 is 0 Å². The monoisotopic (exact) mass is 365 g/mol. The molecule has 0 N–H and O–H groups in total. The van der Waals surface area contributed by atoms with Crippen molar-refractivity contribution in [3.63, 3.8) is 0 Å². The molecule has 1 aliphatic heterocycles. The number of nitriles is 1. The minimum atomic E-state index is -0.769. The summed E-state index contributed by atoms with van der Waals surface area (Å²) in [5, 5.41) is 9.97. The fourth-order valence-electron chi connectivity index (χ4n) is 3.66. The van der Waals surface area contributed by atoms with Crippen LogP contribution < -0.4 is 0 Å². The summed E-state index contributed by atoms with van der Waals surface area (Å²) >= 11 is 0. The normalized spacial score (nSPS) is 18.4. The van der Waals surface area contributed by atoms with E-state index < -0.39 is 12.0 Å². The first kappa shape index (κ1) is 17.8. The molecule has 0 aliphatic carbocycles. The third-order valence-electron chi connectivity index (χ3n) is 4.98. The number of carbonyl (C=O) groups excluding carboxylic acids is 1. The quantitative estimate of drug-likeness (QED) is 0.590. The van der Waals surface area contributed by atoms with E-state index in [-0.39, 0.29) is 5.78 Å². The Morgan fingerprint density at radius 3 is 2.25 bits per heavy atom. The number of carbonyl (C=O) groups is 1. The molecule has 0 saturated carbocycles. The van der Waals surface area contributed by atoms with Crippen molar-refractivity contribution in [3.05, 3.63) is 113 Å². The van der Waals surface area contributed by atoms with Crippen molar-refractivity contribution in [1.82, 2.24) is 0 Å². The first-order valence-electron chi connectivity index (χ1n) is 9.21. The summed E-state index contributed by atoms with van der Waals surface area (Å²) in [6, 6.07) is 28.9. The molecule has 136 valence electrons. The number of Topliss-reactive ketones (excluding diaryl/α,β-unsaturated/α-hetero) is 1. The molecule has 0 radical (unpaired) electrons. The third-order valence-corrected chi connectivity index (χ3v) is 4.98. The van der Waals surface area contributed by atoms with Crippen molar-refractivity contribution in [3.8, 4) is 6.07 Å². The van der Waals surface area contributed by atoms with Gasteiger partial charge in [-0.2, -0.15) is 5.26 Å². The predicted octanol–water partition coefficient (Wildman–Crippen LogP) is 5.30. The average molecular weight is 365 g/mol. The van der Waals surface area contributed by atoms with Gasteiger partial charge in [0.1, 0.15) is 5.76 Å². The molecule has 0 saturated heterocycles. The van der Waals surface area contributed by atoms with Gasteiger partial charge >= 0.3 is 0 Å². The fourth-order valence-corrected chi connectivity index (χ4v) is 3.66. The maximum absolute atomic E-state index is 13.3. The molecule has 4 rings (SSSR count). The summed E-state index contributed by atoms with van der Waals surface area (Å²) in [7, 11) is 0. The average Bonchev–Trinajstić information content (AvgIpc) is 3.14. The molecule has 3 aromatic rings. The lowest BCUT2D eigenvalue weighted by Gasteiger charge is -2.19. The Morgan fingerprint density at radius 2 is 1.61 bits per heavy atom. The summed E-state index contributed by atoms with van der Waals surface area (Å²) < 4.78 is 6.18. The molecular formula is C25H19NO2. The van der Waals surface area contributed by atoms with E-state index in [2.05, 4.69) is 6.07 Å². The van der Waals surface area contributed by atoms with Crippen molar-refractivity contribution in [2.45, 2.75) is 18.9 Å². The summed E-state index contributed by atoms with van der Waals surface area (Å²) in [6.45, 7) is 2.00. The van der Waals surface area contributed by atoms with Gasteiger partial charge in [-0.1, -0.05) is 90.5 Å². The van der Waals surface area contributed by atoms with E-state index >= 15 is 0 Å². The molecule has 0 fully saturated rings. The third kappa shape index (κ3) is 3.21. The minimum Gasteiger partial charge on any atom is -0.480 e. The van der Waals surface area contributed by atoms with Crippen molar-refractivity contribution in [2.75, 3.05) is 0 Å². The van der Waals surface area contributed by atoms with Crippen LogP contribution in [0.25, 0.3) is 5.76 Å². The lowest BCUT2D eigenvalue weighted by atomic mass is 9.84. The molecule has 0 amide bonds. The Morgan fingerprint density at radius 1 is 0.929 bits per heavy atom. The molecular weight excluding hydrogens is 346 g/mol. The fraction of sp³-hybridized carbons (Fsp3) is 0.120. The number of benzene rings is 3. The lowest BCUT2D eigenvalue weighted by Crippen LogP contribution is -2.27. The second-order valence-electron chi connectivity index (χ2n) is 6.88.